The molecule has 1 aromatic carbocycles. The molecule has 7 nitrogen and oxygen atoms in total. The number of thiophene rings is 1. The summed E-state index contributed by atoms with van der Waals surface area (Å²) < 4.78 is 52.5. The van der Waals surface area contributed by atoms with Crippen molar-refractivity contribution in [2.45, 2.75) is 24.8 Å². The lowest BCUT2D eigenvalue weighted by molar-refractivity contribution is -0.116. The molecule has 10 heteroatoms. The van der Waals surface area contributed by atoms with Crippen molar-refractivity contribution in [3.63, 3.8) is 0 Å². The molecule has 1 aliphatic rings. The second-order valence-electron chi connectivity index (χ2n) is 5.58. The molecule has 1 amide bonds. The van der Waals surface area contributed by atoms with E-state index in [1.165, 1.54) is 29.5 Å². The van der Waals surface area contributed by atoms with Crippen LogP contribution < -0.4 is 9.03 Å². The lowest BCUT2D eigenvalue weighted by atomic mass is 10.2. The zero-order chi connectivity index (χ0) is 18.2. The van der Waals surface area contributed by atoms with Crippen molar-refractivity contribution in [1.82, 2.24) is 4.72 Å². The molecule has 0 unspecified atom stereocenters. The van der Waals surface area contributed by atoms with Crippen molar-refractivity contribution < 1.29 is 21.6 Å². The number of sulfonamides is 2. The molecule has 0 bridgehead atoms. The summed E-state index contributed by atoms with van der Waals surface area (Å²) in [6.07, 6.45) is -0.102. The maximum absolute atomic E-state index is 12.6. The van der Waals surface area contributed by atoms with Crippen molar-refractivity contribution in [2.24, 2.45) is 0 Å². The molecular formula is C15H16N2O5S3. The summed E-state index contributed by atoms with van der Waals surface area (Å²) in [5, 5.41) is 1.85. The summed E-state index contributed by atoms with van der Waals surface area (Å²) in [5.41, 5.74) is 0.510. The molecule has 25 heavy (non-hydrogen) atoms. The summed E-state index contributed by atoms with van der Waals surface area (Å²) in [7, 11) is -7.59. The highest BCUT2D eigenvalue weighted by molar-refractivity contribution is 7.94. The Bertz CT molecular complexity index is 1010. The van der Waals surface area contributed by atoms with Crippen LogP contribution >= 0.6 is 11.3 Å². The molecule has 1 aliphatic heterocycles. The molecule has 0 spiro atoms. The number of carbonyl (C=O) groups is 1. The van der Waals surface area contributed by atoms with Crippen molar-refractivity contribution in [2.75, 3.05) is 10.1 Å². The third-order valence-electron chi connectivity index (χ3n) is 3.79. The van der Waals surface area contributed by atoms with E-state index < -0.39 is 26.0 Å². The third-order valence-corrected chi connectivity index (χ3v) is 7.90. The second kappa shape index (κ2) is 6.52. The smallest absolute Gasteiger partial charge is 0.242 e. The topological polar surface area (TPSA) is 101 Å². The molecule has 0 atom stereocenters. The Labute approximate surface area is 150 Å². The fourth-order valence-corrected chi connectivity index (χ4v) is 5.99. The van der Waals surface area contributed by atoms with Crippen molar-refractivity contribution in [3.8, 4) is 0 Å². The maximum Gasteiger partial charge on any atom is 0.242 e. The van der Waals surface area contributed by atoms with E-state index in [2.05, 4.69) is 4.72 Å². The zero-order valence-corrected chi connectivity index (χ0v) is 15.7. The minimum absolute atomic E-state index is 0.0449. The summed E-state index contributed by atoms with van der Waals surface area (Å²) in [6, 6.07) is 7.80. The predicted molar refractivity (Wildman–Crippen MR) is 95.4 cm³/mol. The molecule has 2 aromatic rings. The van der Waals surface area contributed by atoms with Crippen LogP contribution in [-0.2, 0) is 31.4 Å². The van der Waals surface area contributed by atoms with E-state index >= 15 is 0 Å². The number of benzene rings is 1. The monoisotopic (exact) mass is 400 g/mol. The molecule has 2 heterocycles. The molecule has 0 radical (unpaired) electrons. The maximum atomic E-state index is 12.6. The van der Waals surface area contributed by atoms with Crippen LogP contribution in [0.5, 0.6) is 0 Å². The molecular weight excluding hydrogens is 384 g/mol. The van der Waals surface area contributed by atoms with E-state index in [4.69, 9.17) is 0 Å². The van der Waals surface area contributed by atoms with Crippen LogP contribution in [0.4, 0.5) is 5.69 Å². The van der Waals surface area contributed by atoms with Crippen LogP contribution in [0.1, 0.15) is 16.9 Å². The number of anilines is 1. The molecule has 1 N–H and O–H groups in total. The Hall–Kier alpha value is -1.75. The minimum atomic E-state index is -3.85. The first-order chi connectivity index (χ1) is 11.7. The van der Waals surface area contributed by atoms with E-state index in [-0.39, 0.29) is 29.3 Å². The number of aryl methyl sites for hydroxylation is 1. The SMILES string of the molecule is Cc1ccc(N2C(=O)CCS2(=O)=O)cc1S(=O)(=O)NCc1cccs1. The first kappa shape index (κ1) is 18.1. The molecule has 1 saturated heterocycles. The van der Waals surface area contributed by atoms with E-state index in [9.17, 15) is 21.6 Å². The molecule has 1 aromatic heterocycles. The van der Waals surface area contributed by atoms with Crippen molar-refractivity contribution in [1.29, 1.82) is 0 Å². The lowest BCUT2D eigenvalue weighted by Crippen LogP contribution is -2.30. The fraction of sp³-hybridized carbons (Fsp3) is 0.267. The van der Waals surface area contributed by atoms with Gasteiger partial charge < -0.3 is 0 Å². The van der Waals surface area contributed by atoms with Gasteiger partial charge >= 0.3 is 0 Å². The Kier molecular flexibility index (Phi) is 4.71. The number of carbonyl (C=O) groups excluding carboxylic acids is 1. The third kappa shape index (κ3) is 3.61. The Morgan fingerprint density at radius 2 is 2.04 bits per heavy atom. The van der Waals surface area contributed by atoms with Gasteiger partial charge in [-0.25, -0.2) is 25.9 Å². The Balaban J connectivity index is 1.95. The quantitative estimate of drug-likeness (QED) is 0.822. The second-order valence-corrected chi connectivity index (χ2v) is 10.3. The standard InChI is InChI=1S/C15H16N2O5S3/c1-11-4-5-12(17-15(18)6-8-24(17,19)20)9-14(11)25(21,22)16-10-13-3-2-7-23-13/h2-5,7,9,16H,6,8,10H2,1H3. The van der Waals surface area contributed by atoms with E-state index in [0.29, 0.717) is 9.87 Å². The van der Waals surface area contributed by atoms with Gasteiger partial charge in [0.25, 0.3) is 0 Å². The van der Waals surface area contributed by atoms with Gasteiger partial charge in [-0.2, -0.15) is 0 Å². The number of hydrogen-bond acceptors (Lipinski definition) is 6. The summed E-state index contributed by atoms with van der Waals surface area (Å²) >= 11 is 1.43. The van der Waals surface area contributed by atoms with Gasteiger partial charge in [0, 0.05) is 17.8 Å². The highest BCUT2D eigenvalue weighted by atomic mass is 32.2. The molecule has 1 fully saturated rings. The average molecular weight is 401 g/mol. The van der Waals surface area contributed by atoms with Crippen LogP contribution in [0.25, 0.3) is 0 Å². The van der Waals surface area contributed by atoms with Crippen LogP contribution in [-0.4, -0.2) is 28.5 Å². The van der Waals surface area contributed by atoms with Gasteiger partial charge in [0.1, 0.15) is 0 Å². The summed E-state index contributed by atoms with van der Waals surface area (Å²) in [6.45, 7) is 1.76. The van der Waals surface area contributed by atoms with Crippen molar-refractivity contribution in [3.05, 3.63) is 46.2 Å². The van der Waals surface area contributed by atoms with Gasteiger partial charge in [0.05, 0.1) is 16.3 Å². The number of rotatable bonds is 5. The zero-order valence-electron chi connectivity index (χ0n) is 13.3. The van der Waals surface area contributed by atoms with Gasteiger partial charge in [-0.05, 0) is 36.1 Å². The van der Waals surface area contributed by atoms with Crippen LogP contribution in [0.3, 0.4) is 0 Å². The van der Waals surface area contributed by atoms with Gasteiger partial charge in [-0.1, -0.05) is 12.1 Å². The number of nitrogens with zero attached hydrogens (tertiary/aromatic N) is 1. The lowest BCUT2D eigenvalue weighted by Gasteiger charge is -2.17. The molecule has 134 valence electrons. The largest absolute Gasteiger partial charge is 0.273 e. The first-order valence-corrected chi connectivity index (χ1v) is 11.4. The Morgan fingerprint density at radius 3 is 2.64 bits per heavy atom. The normalized spacial score (nSPS) is 17.2. The summed E-state index contributed by atoms with van der Waals surface area (Å²) in [4.78, 5) is 12.7. The summed E-state index contributed by atoms with van der Waals surface area (Å²) in [5.74, 6) is -0.822. The van der Waals surface area contributed by atoms with Crippen molar-refractivity contribution >= 4 is 43.0 Å². The minimum Gasteiger partial charge on any atom is -0.273 e. The van der Waals surface area contributed by atoms with Gasteiger partial charge in [-0.3, -0.25) is 4.79 Å². The molecule has 3 rings (SSSR count). The van der Waals surface area contributed by atoms with Crippen LogP contribution in [0.2, 0.25) is 0 Å². The van der Waals surface area contributed by atoms with Crippen LogP contribution in [0, 0.1) is 6.92 Å². The first-order valence-electron chi connectivity index (χ1n) is 7.39. The van der Waals surface area contributed by atoms with E-state index in [0.717, 1.165) is 4.88 Å². The predicted octanol–water partition coefficient (Wildman–Crippen LogP) is 1.60. The fourth-order valence-electron chi connectivity index (χ4n) is 2.53. The average Bonchev–Trinajstić information content (AvgIpc) is 3.14. The number of amides is 1. The van der Waals surface area contributed by atoms with Gasteiger partial charge in [0.2, 0.25) is 26.0 Å². The van der Waals surface area contributed by atoms with Crippen LogP contribution in [0.15, 0.2) is 40.6 Å². The van der Waals surface area contributed by atoms with Gasteiger partial charge in [0.15, 0.2) is 0 Å². The van der Waals surface area contributed by atoms with Gasteiger partial charge in [-0.15, -0.1) is 11.3 Å². The Morgan fingerprint density at radius 1 is 1.28 bits per heavy atom. The number of hydrogen-bond donors (Lipinski definition) is 1. The molecule has 0 aliphatic carbocycles. The number of nitrogens with one attached hydrogen (secondary N) is 1. The van der Waals surface area contributed by atoms with E-state index in [1.807, 2.05) is 17.5 Å². The molecule has 0 saturated carbocycles. The highest BCUT2D eigenvalue weighted by Crippen LogP contribution is 2.29. The van der Waals surface area contributed by atoms with E-state index in [1.54, 1.807) is 6.92 Å². The highest BCUT2D eigenvalue weighted by Gasteiger charge is 2.36.